The molecule has 0 aromatic carbocycles. The standard InChI is InChI=1S/C12H24N2O3/c1(3-14-4-6-15-7-5-14)2-13-10-12-11-16-8-9-17-12/h12-13H,1-11H2. The Morgan fingerprint density at radius 1 is 1.06 bits per heavy atom. The molecule has 0 amide bonds. The number of nitrogens with one attached hydrogen (secondary N) is 1. The Bertz CT molecular complexity index is 172. The van der Waals surface area contributed by atoms with Crippen LogP contribution in [0.15, 0.2) is 0 Å². The Morgan fingerprint density at radius 3 is 2.71 bits per heavy atom. The van der Waals surface area contributed by atoms with Crippen molar-refractivity contribution in [1.82, 2.24) is 10.2 Å². The molecule has 5 nitrogen and oxygen atoms in total. The number of hydrogen-bond acceptors (Lipinski definition) is 5. The van der Waals surface area contributed by atoms with Crippen molar-refractivity contribution in [2.24, 2.45) is 0 Å². The molecule has 100 valence electrons. The second-order valence-corrected chi connectivity index (χ2v) is 4.58. The van der Waals surface area contributed by atoms with E-state index >= 15 is 0 Å². The van der Waals surface area contributed by atoms with Crippen LogP contribution in [0.4, 0.5) is 0 Å². The van der Waals surface area contributed by atoms with Crippen LogP contribution in [0.5, 0.6) is 0 Å². The zero-order valence-electron chi connectivity index (χ0n) is 10.5. The highest BCUT2D eigenvalue weighted by molar-refractivity contribution is 4.66. The first-order valence-electron chi connectivity index (χ1n) is 6.65. The van der Waals surface area contributed by atoms with Crippen molar-refractivity contribution in [3.63, 3.8) is 0 Å². The van der Waals surface area contributed by atoms with Crippen LogP contribution >= 0.6 is 0 Å². The van der Waals surface area contributed by atoms with Crippen LogP contribution < -0.4 is 5.32 Å². The maximum absolute atomic E-state index is 5.56. The van der Waals surface area contributed by atoms with Gasteiger partial charge in [-0.25, -0.2) is 0 Å². The van der Waals surface area contributed by atoms with E-state index in [9.17, 15) is 0 Å². The summed E-state index contributed by atoms with van der Waals surface area (Å²) in [5, 5.41) is 3.43. The Balaban J connectivity index is 1.42. The fraction of sp³-hybridized carbons (Fsp3) is 1.00. The average molecular weight is 244 g/mol. The molecule has 2 fully saturated rings. The first-order valence-corrected chi connectivity index (χ1v) is 6.65. The quantitative estimate of drug-likeness (QED) is 0.651. The van der Waals surface area contributed by atoms with Crippen molar-refractivity contribution in [2.45, 2.75) is 12.5 Å². The van der Waals surface area contributed by atoms with E-state index in [0.717, 1.165) is 59.2 Å². The first-order chi connectivity index (χ1) is 8.45. The van der Waals surface area contributed by atoms with Gasteiger partial charge in [0.2, 0.25) is 0 Å². The number of ether oxygens (including phenoxy) is 3. The van der Waals surface area contributed by atoms with Crippen molar-refractivity contribution < 1.29 is 14.2 Å². The Kier molecular flexibility index (Phi) is 6.23. The van der Waals surface area contributed by atoms with E-state index in [0.29, 0.717) is 0 Å². The predicted octanol–water partition coefficient (Wildman–Crippen LogP) is -0.286. The third-order valence-electron chi connectivity index (χ3n) is 3.19. The first kappa shape index (κ1) is 13.2. The molecule has 2 heterocycles. The molecule has 0 aromatic rings. The molecule has 17 heavy (non-hydrogen) atoms. The van der Waals surface area contributed by atoms with Gasteiger partial charge in [0.25, 0.3) is 0 Å². The summed E-state index contributed by atoms with van der Waals surface area (Å²) < 4.78 is 16.2. The Morgan fingerprint density at radius 2 is 1.94 bits per heavy atom. The fourth-order valence-electron chi connectivity index (χ4n) is 2.17. The normalized spacial score (nSPS) is 27.2. The van der Waals surface area contributed by atoms with Crippen molar-refractivity contribution >= 4 is 0 Å². The maximum Gasteiger partial charge on any atom is 0.0933 e. The molecular weight excluding hydrogens is 220 g/mol. The van der Waals surface area contributed by atoms with Gasteiger partial charge < -0.3 is 19.5 Å². The van der Waals surface area contributed by atoms with Crippen LogP contribution in [-0.2, 0) is 14.2 Å². The zero-order valence-corrected chi connectivity index (χ0v) is 10.5. The smallest absolute Gasteiger partial charge is 0.0933 e. The summed E-state index contributed by atoms with van der Waals surface area (Å²) in [5.41, 5.74) is 0. The number of hydrogen-bond donors (Lipinski definition) is 1. The van der Waals surface area contributed by atoms with Gasteiger partial charge in [-0.3, -0.25) is 4.90 Å². The molecule has 5 heteroatoms. The molecule has 1 unspecified atom stereocenters. The van der Waals surface area contributed by atoms with Crippen molar-refractivity contribution in [3.8, 4) is 0 Å². The minimum atomic E-state index is 0.243. The van der Waals surface area contributed by atoms with E-state index in [4.69, 9.17) is 14.2 Å². The second kappa shape index (κ2) is 8.00. The molecule has 2 saturated heterocycles. The van der Waals surface area contributed by atoms with Gasteiger partial charge in [-0.2, -0.15) is 0 Å². The lowest BCUT2D eigenvalue weighted by atomic mass is 10.3. The average Bonchev–Trinajstić information content (AvgIpc) is 2.41. The Labute approximate surface area is 103 Å². The minimum Gasteiger partial charge on any atom is -0.379 e. The van der Waals surface area contributed by atoms with E-state index < -0.39 is 0 Å². The summed E-state index contributed by atoms with van der Waals surface area (Å²) in [6.45, 7) is 9.28. The van der Waals surface area contributed by atoms with Crippen LogP contribution in [0.25, 0.3) is 0 Å². The summed E-state index contributed by atoms with van der Waals surface area (Å²) in [6.07, 6.45) is 1.43. The van der Waals surface area contributed by atoms with Gasteiger partial charge >= 0.3 is 0 Å². The number of morpholine rings is 1. The van der Waals surface area contributed by atoms with Crippen LogP contribution in [0.2, 0.25) is 0 Å². The van der Waals surface area contributed by atoms with Crippen LogP contribution in [-0.4, -0.2) is 76.8 Å². The van der Waals surface area contributed by atoms with Crippen molar-refractivity contribution in [3.05, 3.63) is 0 Å². The topological polar surface area (TPSA) is 43.0 Å². The van der Waals surface area contributed by atoms with E-state index in [1.807, 2.05) is 0 Å². The zero-order chi connectivity index (χ0) is 11.8. The van der Waals surface area contributed by atoms with Gasteiger partial charge in [-0.05, 0) is 19.5 Å². The molecule has 2 aliphatic heterocycles. The summed E-state index contributed by atoms with van der Waals surface area (Å²) in [4.78, 5) is 2.46. The highest BCUT2D eigenvalue weighted by Gasteiger charge is 2.13. The van der Waals surface area contributed by atoms with E-state index in [2.05, 4.69) is 10.2 Å². The van der Waals surface area contributed by atoms with Crippen LogP contribution in [0.3, 0.4) is 0 Å². The van der Waals surface area contributed by atoms with Gasteiger partial charge in [-0.1, -0.05) is 0 Å². The van der Waals surface area contributed by atoms with Gasteiger partial charge in [0.1, 0.15) is 0 Å². The molecule has 0 radical (unpaired) electrons. The van der Waals surface area contributed by atoms with Gasteiger partial charge in [0.15, 0.2) is 0 Å². The monoisotopic (exact) mass is 244 g/mol. The minimum absolute atomic E-state index is 0.243. The molecule has 2 rings (SSSR count). The molecule has 0 saturated carbocycles. The van der Waals surface area contributed by atoms with Gasteiger partial charge in [-0.15, -0.1) is 0 Å². The van der Waals surface area contributed by atoms with E-state index in [-0.39, 0.29) is 6.10 Å². The maximum atomic E-state index is 5.56. The predicted molar refractivity (Wildman–Crippen MR) is 65.3 cm³/mol. The summed E-state index contributed by atoms with van der Waals surface area (Å²) in [7, 11) is 0. The van der Waals surface area contributed by atoms with Crippen molar-refractivity contribution in [1.29, 1.82) is 0 Å². The van der Waals surface area contributed by atoms with Crippen LogP contribution in [0, 0.1) is 0 Å². The largest absolute Gasteiger partial charge is 0.379 e. The van der Waals surface area contributed by atoms with Crippen LogP contribution in [0.1, 0.15) is 6.42 Å². The highest BCUT2D eigenvalue weighted by Crippen LogP contribution is 2.00. The molecule has 0 bridgehead atoms. The molecule has 0 aromatic heterocycles. The van der Waals surface area contributed by atoms with E-state index in [1.54, 1.807) is 0 Å². The third-order valence-corrected chi connectivity index (χ3v) is 3.19. The third kappa shape index (κ3) is 5.31. The van der Waals surface area contributed by atoms with E-state index in [1.165, 1.54) is 13.0 Å². The Hall–Kier alpha value is -0.200. The summed E-state index contributed by atoms with van der Waals surface area (Å²) >= 11 is 0. The SMILES string of the molecule is C(CNCC1COCCO1)CN1CCOCC1. The lowest BCUT2D eigenvalue weighted by molar-refractivity contribution is -0.0863. The summed E-state index contributed by atoms with van der Waals surface area (Å²) in [5.74, 6) is 0. The molecule has 1 N–H and O–H groups in total. The molecule has 0 aliphatic carbocycles. The van der Waals surface area contributed by atoms with Crippen molar-refractivity contribution in [2.75, 3.05) is 65.8 Å². The van der Waals surface area contributed by atoms with Gasteiger partial charge in [0, 0.05) is 19.6 Å². The molecular formula is C12H24N2O3. The summed E-state index contributed by atoms with van der Waals surface area (Å²) in [6, 6.07) is 0. The number of nitrogens with zero attached hydrogens (tertiary/aromatic N) is 1. The number of rotatable bonds is 6. The second-order valence-electron chi connectivity index (χ2n) is 4.58. The lowest BCUT2D eigenvalue weighted by Gasteiger charge is -2.27. The fourth-order valence-corrected chi connectivity index (χ4v) is 2.17. The van der Waals surface area contributed by atoms with Gasteiger partial charge in [0.05, 0.1) is 39.1 Å². The molecule has 0 spiro atoms. The molecule has 1 atom stereocenters. The lowest BCUT2D eigenvalue weighted by Crippen LogP contribution is -2.40. The molecule has 2 aliphatic rings. The highest BCUT2D eigenvalue weighted by atomic mass is 16.6.